The Kier molecular flexibility index (Phi) is 6.64. The number of hydrogen-bond acceptors (Lipinski definition) is 4. The number of hydrogen-bond donors (Lipinski definition) is 0. The number of alkyl halides is 1. The fraction of sp³-hybridized carbons (Fsp3) is 0.538. The van der Waals surface area contributed by atoms with Gasteiger partial charge in [0.15, 0.2) is 0 Å². The quantitative estimate of drug-likeness (QED) is 0.718. The topological polar surface area (TPSA) is 46.6 Å². The number of nitrogens with zero attached hydrogens (tertiary/aromatic N) is 1. The van der Waals surface area contributed by atoms with Crippen LogP contribution in [0.15, 0.2) is 23.1 Å². The van der Waals surface area contributed by atoms with E-state index in [0.29, 0.717) is 11.3 Å². The SMILES string of the molecule is COc1ccc(S(=O)(=O)N(C)C(C)CSC)cc1CCl. The normalized spacial score (nSPS) is 13.5. The van der Waals surface area contributed by atoms with Crippen molar-refractivity contribution in [3.63, 3.8) is 0 Å². The first-order chi connectivity index (χ1) is 9.38. The van der Waals surface area contributed by atoms with Crippen molar-refractivity contribution in [3.05, 3.63) is 23.8 Å². The Morgan fingerprint density at radius 1 is 1.45 bits per heavy atom. The molecule has 0 fully saturated rings. The molecule has 1 unspecified atom stereocenters. The van der Waals surface area contributed by atoms with E-state index in [-0.39, 0.29) is 16.8 Å². The summed E-state index contributed by atoms with van der Waals surface area (Å²) >= 11 is 7.45. The molecule has 4 nitrogen and oxygen atoms in total. The second-order valence-corrected chi connectivity index (χ2v) is 7.61. The molecule has 0 radical (unpaired) electrons. The van der Waals surface area contributed by atoms with Crippen LogP contribution in [0.3, 0.4) is 0 Å². The third-order valence-electron chi connectivity index (χ3n) is 3.10. The summed E-state index contributed by atoms with van der Waals surface area (Å²) in [4.78, 5) is 0.240. The number of ether oxygens (including phenoxy) is 1. The van der Waals surface area contributed by atoms with Gasteiger partial charge in [0.25, 0.3) is 0 Å². The summed E-state index contributed by atoms with van der Waals surface area (Å²) in [6, 6.07) is 4.68. The molecule has 0 N–H and O–H groups in total. The molecule has 0 spiro atoms. The van der Waals surface area contributed by atoms with Crippen LogP contribution in [-0.2, 0) is 15.9 Å². The molecule has 0 aliphatic rings. The van der Waals surface area contributed by atoms with E-state index >= 15 is 0 Å². The van der Waals surface area contributed by atoms with Crippen LogP contribution in [0.2, 0.25) is 0 Å². The van der Waals surface area contributed by atoms with Gasteiger partial charge < -0.3 is 4.74 Å². The van der Waals surface area contributed by atoms with Gasteiger partial charge in [0.2, 0.25) is 10.0 Å². The van der Waals surface area contributed by atoms with Gasteiger partial charge in [-0.15, -0.1) is 11.6 Å². The third kappa shape index (κ3) is 3.81. The minimum atomic E-state index is -3.51. The molecule has 0 amide bonds. The van der Waals surface area contributed by atoms with Crippen LogP contribution in [0.4, 0.5) is 0 Å². The van der Waals surface area contributed by atoms with Crippen LogP contribution >= 0.6 is 23.4 Å². The summed E-state index contributed by atoms with van der Waals surface area (Å²) in [6.07, 6.45) is 1.95. The molecule has 20 heavy (non-hydrogen) atoms. The average molecular weight is 338 g/mol. The first kappa shape index (κ1) is 17.6. The summed E-state index contributed by atoms with van der Waals surface area (Å²) in [7, 11) is -0.380. The standard InChI is InChI=1S/C13H20ClNO3S2/c1-10(9-19-4)15(2)20(16,17)12-5-6-13(18-3)11(7-12)8-14/h5-7,10H,8-9H2,1-4H3. The highest BCUT2D eigenvalue weighted by Crippen LogP contribution is 2.26. The molecule has 0 saturated carbocycles. The Hall–Kier alpha value is -0.430. The molecule has 1 atom stereocenters. The first-order valence-corrected chi connectivity index (χ1v) is 9.45. The molecule has 1 aromatic rings. The van der Waals surface area contributed by atoms with Crippen LogP contribution in [0.1, 0.15) is 12.5 Å². The van der Waals surface area contributed by atoms with Gasteiger partial charge in [0.05, 0.1) is 17.9 Å². The maximum atomic E-state index is 12.5. The monoisotopic (exact) mass is 337 g/mol. The molecule has 114 valence electrons. The van der Waals surface area contributed by atoms with E-state index < -0.39 is 10.0 Å². The van der Waals surface area contributed by atoms with Gasteiger partial charge in [-0.2, -0.15) is 16.1 Å². The molecular formula is C13H20ClNO3S2. The minimum absolute atomic E-state index is 0.0726. The van der Waals surface area contributed by atoms with Gasteiger partial charge in [-0.1, -0.05) is 0 Å². The zero-order chi connectivity index (χ0) is 15.3. The summed E-state index contributed by atoms with van der Waals surface area (Å²) in [6.45, 7) is 1.89. The fourth-order valence-corrected chi connectivity index (χ4v) is 4.19. The van der Waals surface area contributed by atoms with Crippen molar-refractivity contribution in [2.75, 3.05) is 26.2 Å². The summed E-state index contributed by atoms with van der Waals surface area (Å²) in [5.41, 5.74) is 0.668. The molecular weight excluding hydrogens is 318 g/mol. The molecule has 7 heteroatoms. The van der Waals surface area contributed by atoms with Gasteiger partial charge in [-0.25, -0.2) is 8.42 Å². The van der Waals surface area contributed by atoms with Crippen molar-refractivity contribution in [2.45, 2.75) is 23.7 Å². The number of methoxy groups -OCH3 is 1. The van der Waals surface area contributed by atoms with Crippen molar-refractivity contribution in [2.24, 2.45) is 0 Å². The molecule has 0 aliphatic heterocycles. The molecule has 0 saturated heterocycles. The van der Waals surface area contributed by atoms with Gasteiger partial charge in [0.1, 0.15) is 5.75 Å². The van der Waals surface area contributed by atoms with Gasteiger partial charge in [-0.3, -0.25) is 0 Å². The number of halogens is 1. The van der Waals surface area contributed by atoms with Crippen LogP contribution in [0.25, 0.3) is 0 Å². The number of thioether (sulfide) groups is 1. The molecule has 0 aromatic heterocycles. The van der Waals surface area contributed by atoms with Crippen LogP contribution in [-0.4, -0.2) is 44.9 Å². The summed E-state index contributed by atoms with van der Waals surface area (Å²) in [5, 5.41) is 0. The van der Waals surface area contributed by atoms with E-state index in [0.717, 1.165) is 5.75 Å². The lowest BCUT2D eigenvalue weighted by molar-refractivity contribution is 0.408. The Balaban J connectivity index is 3.15. The highest BCUT2D eigenvalue weighted by molar-refractivity contribution is 7.98. The Labute approximate surface area is 130 Å². The maximum absolute atomic E-state index is 12.5. The Bertz CT molecular complexity index is 549. The van der Waals surface area contributed by atoms with E-state index in [9.17, 15) is 8.42 Å². The van der Waals surface area contributed by atoms with Crippen molar-refractivity contribution < 1.29 is 13.2 Å². The number of sulfonamides is 1. The zero-order valence-electron chi connectivity index (χ0n) is 12.1. The van der Waals surface area contributed by atoms with E-state index in [1.807, 2.05) is 13.2 Å². The minimum Gasteiger partial charge on any atom is -0.496 e. The van der Waals surface area contributed by atoms with Crippen molar-refractivity contribution in [3.8, 4) is 5.75 Å². The average Bonchev–Trinajstić information content (AvgIpc) is 2.45. The van der Waals surface area contributed by atoms with E-state index in [4.69, 9.17) is 16.3 Å². The highest BCUT2D eigenvalue weighted by Gasteiger charge is 2.25. The molecule has 0 aliphatic carbocycles. The Morgan fingerprint density at radius 2 is 2.10 bits per heavy atom. The van der Waals surface area contributed by atoms with Gasteiger partial charge in [0, 0.05) is 24.4 Å². The van der Waals surface area contributed by atoms with Gasteiger partial charge >= 0.3 is 0 Å². The summed E-state index contributed by atoms with van der Waals surface area (Å²) < 4.78 is 31.6. The lowest BCUT2D eigenvalue weighted by Gasteiger charge is -2.24. The second-order valence-electron chi connectivity index (χ2n) is 4.43. The van der Waals surface area contributed by atoms with Crippen molar-refractivity contribution in [1.29, 1.82) is 0 Å². The molecule has 0 bridgehead atoms. The highest BCUT2D eigenvalue weighted by atomic mass is 35.5. The number of rotatable bonds is 7. The smallest absolute Gasteiger partial charge is 0.243 e. The molecule has 1 aromatic carbocycles. The first-order valence-electron chi connectivity index (χ1n) is 6.08. The zero-order valence-corrected chi connectivity index (χ0v) is 14.5. The fourth-order valence-electron chi connectivity index (χ4n) is 1.77. The van der Waals surface area contributed by atoms with Crippen molar-refractivity contribution in [1.82, 2.24) is 4.31 Å². The number of benzene rings is 1. The molecule has 1 rings (SSSR count). The van der Waals surface area contributed by atoms with Crippen molar-refractivity contribution >= 4 is 33.4 Å². The van der Waals surface area contributed by atoms with Crippen LogP contribution < -0.4 is 4.74 Å². The predicted octanol–water partition coefficient (Wildman–Crippen LogP) is 2.81. The van der Waals surface area contributed by atoms with E-state index in [1.54, 1.807) is 37.0 Å². The maximum Gasteiger partial charge on any atom is 0.243 e. The predicted molar refractivity (Wildman–Crippen MR) is 85.3 cm³/mol. The summed E-state index contributed by atoms with van der Waals surface area (Å²) in [5.74, 6) is 1.55. The van der Waals surface area contributed by atoms with E-state index in [2.05, 4.69) is 0 Å². The lowest BCUT2D eigenvalue weighted by atomic mass is 10.2. The van der Waals surface area contributed by atoms with Gasteiger partial charge in [-0.05, 0) is 31.4 Å². The van der Waals surface area contributed by atoms with Crippen LogP contribution in [0, 0.1) is 0 Å². The van der Waals surface area contributed by atoms with E-state index in [1.165, 1.54) is 11.4 Å². The lowest BCUT2D eigenvalue weighted by Crippen LogP contribution is -2.36. The largest absolute Gasteiger partial charge is 0.496 e. The van der Waals surface area contributed by atoms with Crippen LogP contribution in [0.5, 0.6) is 5.75 Å². The molecule has 0 heterocycles. The Morgan fingerprint density at radius 3 is 2.60 bits per heavy atom. The third-order valence-corrected chi connectivity index (χ3v) is 6.17. The second kappa shape index (κ2) is 7.54.